The number of hydrogen-bond acceptors (Lipinski definition) is 2. The van der Waals surface area contributed by atoms with E-state index in [-0.39, 0.29) is 0 Å². The monoisotopic (exact) mass is 274 g/mol. The van der Waals surface area contributed by atoms with Gasteiger partial charge in [-0.05, 0) is 50.9 Å². The van der Waals surface area contributed by atoms with E-state index in [0.717, 1.165) is 19.0 Å². The Morgan fingerprint density at radius 2 is 2.05 bits per heavy atom. The van der Waals surface area contributed by atoms with Gasteiger partial charge in [-0.1, -0.05) is 44.0 Å². The van der Waals surface area contributed by atoms with Gasteiger partial charge in [0.15, 0.2) is 0 Å². The van der Waals surface area contributed by atoms with E-state index in [1.807, 2.05) is 0 Å². The number of nitrogens with zero attached hydrogens (tertiary/aromatic N) is 1. The summed E-state index contributed by atoms with van der Waals surface area (Å²) in [6.07, 6.45) is 5.41. The van der Waals surface area contributed by atoms with Gasteiger partial charge in [0.2, 0.25) is 0 Å². The summed E-state index contributed by atoms with van der Waals surface area (Å²) in [7, 11) is 4.49. The van der Waals surface area contributed by atoms with Crippen molar-refractivity contribution in [3.05, 3.63) is 35.4 Å². The Morgan fingerprint density at radius 3 is 2.70 bits per heavy atom. The average molecular weight is 274 g/mol. The molecule has 2 nitrogen and oxygen atoms in total. The van der Waals surface area contributed by atoms with Gasteiger partial charge in [-0.25, -0.2) is 0 Å². The van der Waals surface area contributed by atoms with Gasteiger partial charge < -0.3 is 10.2 Å². The molecule has 1 saturated carbocycles. The SMILES string of the molecule is Cc1ccccc1CNCC1(N(C)C)CCCC(C)C1. The molecule has 0 aromatic heterocycles. The molecule has 2 unspecified atom stereocenters. The molecular formula is C18H30N2. The van der Waals surface area contributed by atoms with Crippen molar-refractivity contribution in [2.75, 3.05) is 20.6 Å². The molecule has 0 spiro atoms. The van der Waals surface area contributed by atoms with Crippen LogP contribution < -0.4 is 5.32 Å². The van der Waals surface area contributed by atoms with E-state index in [1.165, 1.54) is 36.8 Å². The maximum atomic E-state index is 3.71. The summed E-state index contributed by atoms with van der Waals surface area (Å²) in [5, 5.41) is 3.71. The maximum absolute atomic E-state index is 3.71. The molecule has 1 aliphatic carbocycles. The summed E-state index contributed by atoms with van der Waals surface area (Å²) < 4.78 is 0. The summed E-state index contributed by atoms with van der Waals surface area (Å²) in [5.41, 5.74) is 3.15. The lowest BCUT2D eigenvalue weighted by atomic mass is 9.75. The minimum Gasteiger partial charge on any atom is -0.311 e. The maximum Gasteiger partial charge on any atom is 0.0330 e. The Morgan fingerprint density at radius 1 is 1.30 bits per heavy atom. The molecule has 1 aromatic carbocycles. The predicted molar refractivity (Wildman–Crippen MR) is 86.9 cm³/mol. The largest absolute Gasteiger partial charge is 0.311 e. The Labute approximate surface area is 124 Å². The van der Waals surface area contributed by atoms with Crippen LogP contribution in [0, 0.1) is 12.8 Å². The van der Waals surface area contributed by atoms with E-state index in [9.17, 15) is 0 Å². The van der Waals surface area contributed by atoms with Gasteiger partial charge >= 0.3 is 0 Å². The fraction of sp³-hybridized carbons (Fsp3) is 0.667. The molecule has 0 bridgehead atoms. The zero-order valence-corrected chi connectivity index (χ0v) is 13.6. The Kier molecular flexibility index (Phi) is 5.22. The van der Waals surface area contributed by atoms with E-state index < -0.39 is 0 Å². The summed E-state index contributed by atoms with van der Waals surface area (Å²) >= 11 is 0. The molecule has 0 radical (unpaired) electrons. The van der Waals surface area contributed by atoms with Gasteiger partial charge in [0, 0.05) is 18.6 Å². The molecule has 0 saturated heterocycles. The number of nitrogens with one attached hydrogen (secondary N) is 1. The quantitative estimate of drug-likeness (QED) is 0.882. The Bertz CT molecular complexity index is 427. The summed E-state index contributed by atoms with van der Waals surface area (Å²) in [6.45, 7) is 6.68. The second-order valence-electron chi connectivity index (χ2n) is 6.85. The molecule has 0 heterocycles. The lowest BCUT2D eigenvalue weighted by Crippen LogP contribution is -2.54. The zero-order chi connectivity index (χ0) is 14.6. The van der Waals surface area contributed by atoms with Crippen LogP contribution in [-0.2, 0) is 6.54 Å². The second-order valence-corrected chi connectivity index (χ2v) is 6.85. The van der Waals surface area contributed by atoms with Crippen molar-refractivity contribution in [3.63, 3.8) is 0 Å². The molecular weight excluding hydrogens is 244 g/mol. The third-order valence-electron chi connectivity index (χ3n) is 5.05. The highest BCUT2D eigenvalue weighted by atomic mass is 15.2. The molecule has 1 fully saturated rings. The van der Waals surface area contributed by atoms with Gasteiger partial charge in [-0.15, -0.1) is 0 Å². The number of likely N-dealkylation sites (N-methyl/N-ethyl adjacent to an activating group) is 1. The molecule has 1 aromatic rings. The van der Waals surface area contributed by atoms with Gasteiger partial charge in [-0.2, -0.15) is 0 Å². The smallest absolute Gasteiger partial charge is 0.0330 e. The molecule has 2 rings (SSSR count). The van der Waals surface area contributed by atoms with Crippen LogP contribution in [0.15, 0.2) is 24.3 Å². The number of rotatable bonds is 5. The van der Waals surface area contributed by atoms with Crippen LogP contribution in [0.2, 0.25) is 0 Å². The molecule has 2 heteroatoms. The van der Waals surface area contributed by atoms with Crippen molar-refractivity contribution < 1.29 is 0 Å². The predicted octanol–water partition coefficient (Wildman–Crippen LogP) is 3.60. The fourth-order valence-corrected chi connectivity index (χ4v) is 3.60. The van der Waals surface area contributed by atoms with Gasteiger partial charge in [-0.3, -0.25) is 0 Å². The highest BCUT2D eigenvalue weighted by molar-refractivity contribution is 5.25. The standard InChI is InChI=1S/C18H30N2/c1-15-8-7-11-18(12-15,20(3)4)14-19-13-17-10-6-5-9-16(17)2/h5-6,9-10,15,19H,7-8,11-14H2,1-4H3. The summed E-state index contributed by atoms with van der Waals surface area (Å²) in [6, 6.07) is 8.67. The lowest BCUT2D eigenvalue weighted by Gasteiger charge is -2.45. The first-order valence-corrected chi connectivity index (χ1v) is 7.96. The molecule has 112 valence electrons. The second kappa shape index (κ2) is 6.73. The highest BCUT2D eigenvalue weighted by Gasteiger charge is 2.36. The van der Waals surface area contributed by atoms with E-state index in [1.54, 1.807) is 0 Å². The van der Waals surface area contributed by atoms with Gasteiger partial charge in [0.05, 0.1) is 0 Å². The Balaban J connectivity index is 1.95. The van der Waals surface area contributed by atoms with E-state index in [4.69, 9.17) is 0 Å². The van der Waals surface area contributed by atoms with Crippen LogP contribution in [-0.4, -0.2) is 31.1 Å². The third kappa shape index (κ3) is 3.62. The first kappa shape index (κ1) is 15.5. The highest BCUT2D eigenvalue weighted by Crippen LogP contribution is 2.35. The molecule has 0 aliphatic heterocycles. The third-order valence-corrected chi connectivity index (χ3v) is 5.05. The van der Waals surface area contributed by atoms with Crippen LogP contribution in [0.5, 0.6) is 0 Å². The summed E-state index contributed by atoms with van der Waals surface area (Å²) in [5.74, 6) is 0.853. The minimum atomic E-state index is 0.348. The lowest BCUT2D eigenvalue weighted by molar-refractivity contribution is 0.0749. The Hall–Kier alpha value is -0.860. The van der Waals surface area contributed by atoms with E-state index in [0.29, 0.717) is 5.54 Å². The molecule has 1 aliphatic rings. The van der Waals surface area contributed by atoms with Crippen molar-refractivity contribution in [2.24, 2.45) is 5.92 Å². The van der Waals surface area contributed by atoms with Crippen molar-refractivity contribution in [1.82, 2.24) is 10.2 Å². The number of benzene rings is 1. The normalized spacial score (nSPS) is 26.9. The molecule has 20 heavy (non-hydrogen) atoms. The van der Waals surface area contributed by atoms with Crippen molar-refractivity contribution in [3.8, 4) is 0 Å². The van der Waals surface area contributed by atoms with Gasteiger partial charge in [0.1, 0.15) is 0 Å². The van der Waals surface area contributed by atoms with Crippen LogP contribution in [0.25, 0.3) is 0 Å². The van der Waals surface area contributed by atoms with Crippen LogP contribution in [0.4, 0.5) is 0 Å². The van der Waals surface area contributed by atoms with E-state index in [2.05, 4.69) is 62.4 Å². The first-order chi connectivity index (χ1) is 9.53. The zero-order valence-electron chi connectivity index (χ0n) is 13.6. The van der Waals surface area contributed by atoms with Crippen LogP contribution in [0.1, 0.15) is 43.7 Å². The number of hydrogen-bond donors (Lipinski definition) is 1. The minimum absolute atomic E-state index is 0.348. The average Bonchev–Trinajstić information content (AvgIpc) is 2.41. The topological polar surface area (TPSA) is 15.3 Å². The molecule has 0 amide bonds. The fourth-order valence-electron chi connectivity index (χ4n) is 3.60. The van der Waals surface area contributed by atoms with Crippen molar-refractivity contribution >= 4 is 0 Å². The summed E-state index contributed by atoms with van der Waals surface area (Å²) in [4.78, 5) is 2.45. The number of aryl methyl sites for hydroxylation is 1. The van der Waals surface area contributed by atoms with Gasteiger partial charge in [0.25, 0.3) is 0 Å². The first-order valence-electron chi connectivity index (χ1n) is 7.96. The van der Waals surface area contributed by atoms with Crippen molar-refractivity contribution in [1.29, 1.82) is 0 Å². The van der Waals surface area contributed by atoms with Crippen LogP contribution in [0.3, 0.4) is 0 Å². The van der Waals surface area contributed by atoms with E-state index >= 15 is 0 Å². The molecule has 1 N–H and O–H groups in total. The van der Waals surface area contributed by atoms with Crippen LogP contribution >= 0.6 is 0 Å². The molecule has 2 atom stereocenters. The van der Waals surface area contributed by atoms with Crippen molar-refractivity contribution in [2.45, 2.75) is 51.6 Å².